The van der Waals surface area contributed by atoms with Crippen LogP contribution in [0.1, 0.15) is 35.7 Å². The number of ether oxygens (including phenoxy) is 4. The van der Waals surface area contributed by atoms with Gasteiger partial charge in [-0.1, -0.05) is 6.07 Å². The van der Waals surface area contributed by atoms with Gasteiger partial charge in [-0.25, -0.2) is 9.18 Å². The first-order valence-corrected chi connectivity index (χ1v) is 11.3. The molecule has 9 heteroatoms. The minimum absolute atomic E-state index is 0.0478. The van der Waals surface area contributed by atoms with Gasteiger partial charge in [-0.2, -0.15) is 0 Å². The molecule has 1 heterocycles. The predicted molar refractivity (Wildman–Crippen MR) is 125 cm³/mol. The lowest BCUT2D eigenvalue weighted by molar-refractivity contribution is -0.124. The zero-order chi connectivity index (χ0) is 25.0. The molecule has 2 aromatic carbocycles. The zero-order valence-electron chi connectivity index (χ0n) is 19.7. The number of nitrogens with one attached hydrogen (secondary N) is 1. The summed E-state index contributed by atoms with van der Waals surface area (Å²) in [5, 5.41) is 2.71. The van der Waals surface area contributed by atoms with Gasteiger partial charge >= 0.3 is 5.97 Å². The highest BCUT2D eigenvalue weighted by Gasteiger charge is 2.15. The van der Waals surface area contributed by atoms with Gasteiger partial charge in [-0.3, -0.25) is 4.79 Å². The standard InChI is InChI=1S/C26H28FNO7/c1-3-31-22-11-5-18(15-24(22)32-4-2)13-14-28-25(29)17-34-26(30)23-12-10-21(35-23)16-33-20-8-6-19(27)7-9-20/h5-12,15H,3-4,13-14,16-17H2,1-2H3,(H,28,29). The topological polar surface area (TPSA) is 96.2 Å². The second-order valence-corrected chi connectivity index (χ2v) is 7.33. The quantitative estimate of drug-likeness (QED) is 0.361. The monoisotopic (exact) mass is 485 g/mol. The second-order valence-electron chi connectivity index (χ2n) is 7.33. The maximum atomic E-state index is 12.9. The molecule has 3 aromatic rings. The third-order valence-electron chi connectivity index (χ3n) is 4.74. The van der Waals surface area contributed by atoms with Crippen LogP contribution in [0.2, 0.25) is 0 Å². The first kappa shape index (κ1) is 25.6. The van der Waals surface area contributed by atoms with Crippen molar-refractivity contribution < 1.29 is 37.3 Å². The Morgan fingerprint density at radius 2 is 1.66 bits per heavy atom. The SMILES string of the molecule is CCOc1ccc(CCNC(=O)COC(=O)c2ccc(COc3ccc(F)cc3)o2)cc1OCC. The van der Waals surface area contributed by atoms with E-state index < -0.39 is 18.5 Å². The van der Waals surface area contributed by atoms with E-state index in [0.717, 1.165) is 5.56 Å². The summed E-state index contributed by atoms with van der Waals surface area (Å²) in [6.45, 7) is 4.84. The Balaban J connectivity index is 1.39. The molecule has 0 bridgehead atoms. The Hall–Kier alpha value is -4.01. The molecule has 0 atom stereocenters. The molecule has 1 amide bonds. The molecular formula is C26H28FNO7. The van der Waals surface area contributed by atoms with Crippen LogP contribution in [-0.2, 0) is 22.6 Å². The lowest BCUT2D eigenvalue weighted by Crippen LogP contribution is -2.30. The summed E-state index contributed by atoms with van der Waals surface area (Å²) in [6, 6.07) is 14.2. The number of carbonyl (C=O) groups excluding carboxylic acids is 2. The molecule has 35 heavy (non-hydrogen) atoms. The van der Waals surface area contributed by atoms with Gasteiger partial charge in [0.1, 0.15) is 23.9 Å². The van der Waals surface area contributed by atoms with E-state index in [0.29, 0.717) is 49.2 Å². The number of furan rings is 1. The van der Waals surface area contributed by atoms with Gasteiger partial charge < -0.3 is 28.7 Å². The third-order valence-corrected chi connectivity index (χ3v) is 4.74. The number of halogens is 1. The van der Waals surface area contributed by atoms with Crippen LogP contribution in [0.5, 0.6) is 17.2 Å². The summed E-state index contributed by atoms with van der Waals surface area (Å²) in [4.78, 5) is 24.2. The third kappa shape index (κ3) is 8.06. The number of hydrogen-bond donors (Lipinski definition) is 1. The number of rotatable bonds is 13. The molecule has 0 aliphatic rings. The molecule has 0 fully saturated rings. The number of benzene rings is 2. The maximum Gasteiger partial charge on any atom is 0.374 e. The van der Waals surface area contributed by atoms with E-state index in [2.05, 4.69) is 5.32 Å². The van der Waals surface area contributed by atoms with E-state index in [1.54, 1.807) is 6.07 Å². The Morgan fingerprint density at radius 3 is 2.40 bits per heavy atom. The molecule has 8 nitrogen and oxygen atoms in total. The minimum atomic E-state index is -0.763. The molecule has 0 saturated carbocycles. The van der Waals surface area contributed by atoms with Crippen molar-refractivity contribution in [3.8, 4) is 17.2 Å². The number of amides is 1. The predicted octanol–water partition coefficient (Wildman–Crippen LogP) is 4.31. The first-order valence-electron chi connectivity index (χ1n) is 11.3. The van der Waals surface area contributed by atoms with Crippen molar-refractivity contribution in [1.82, 2.24) is 5.32 Å². The Labute approximate surface area is 202 Å². The van der Waals surface area contributed by atoms with Crippen LogP contribution in [0, 0.1) is 5.82 Å². The smallest absolute Gasteiger partial charge is 0.374 e. The van der Waals surface area contributed by atoms with E-state index in [-0.39, 0.29) is 18.2 Å². The highest BCUT2D eigenvalue weighted by atomic mass is 19.1. The largest absolute Gasteiger partial charge is 0.490 e. The van der Waals surface area contributed by atoms with Crippen molar-refractivity contribution in [3.63, 3.8) is 0 Å². The summed E-state index contributed by atoms with van der Waals surface area (Å²) in [6.07, 6.45) is 0.571. The van der Waals surface area contributed by atoms with Gasteiger partial charge in [0.2, 0.25) is 5.76 Å². The van der Waals surface area contributed by atoms with Crippen molar-refractivity contribution in [2.45, 2.75) is 26.9 Å². The Morgan fingerprint density at radius 1 is 0.914 bits per heavy atom. The van der Waals surface area contributed by atoms with Gasteiger partial charge in [0.25, 0.3) is 5.91 Å². The fourth-order valence-electron chi connectivity index (χ4n) is 3.10. The van der Waals surface area contributed by atoms with Crippen LogP contribution >= 0.6 is 0 Å². The van der Waals surface area contributed by atoms with Crippen molar-refractivity contribution in [3.05, 3.63) is 77.5 Å². The summed E-state index contributed by atoms with van der Waals surface area (Å²) < 4.78 is 40.0. The number of carbonyl (C=O) groups is 2. The number of esters is 1. The van der Waals surface area contributed by atoms with Gasteiger partial charge in [0.15, 0.2) is 18.1 Å². The van der Waals surface area contributed by atoms with Crippen LogP contribution in [0.25, 0.3) is 0 Å². The summed E-state index contributed by atoms with van der Waals surface area (Å²) in [5.41, 5.74) is 0.972. The molecule has 0 spiro atoms. The van der Waals surface area contributed by atoms with Crippen LogP contribution in [0.4, 0.5) is 4.39 Å². The highest BCUT2D eigenvalue weighted by molar-refractivity contribution is 5.88. The Bertz CT molecular complexity index is 1110. The van der Waals surface area contributed by atoms with Crippen LogP contribution in [-0.4, -0.2) is 38.2 Å². The van der Waals surface area contributed by atoms with Gasteiger partial charge in [0.05, 0.1) is 13.2 Å². The van der Waals surface area contributed by atoms with Crippen molar-refractivity contribution in [2.24, 2.45) is 0 Å². The lowest BCUT2D eigenvalue weighted by Gasteiger charge is -2.12. The summed E-state index contributed by atoms with van der Waals surface area (Å²) >= 11 is 0. The molecule has 0 radical (unpaired) electrons. The molecule has 0 unspecified atom stereocenters. The van der Waals surface area contributed by atoms with E-state index in [1.165, 1.54) is 30.3 Å². The van der Waals surface area contributed by atoms with E-state index in [1.807, 2.05) is 32.0 Å². The van der Waals surface area contributed by atoms with Crippen LogP contribution in [0.3, 0.4) is 0 Å². The molecule has 186 valence electrons. The molecule has 0 saturated heterocycles. The van der Waals surface area contributed by atoms with Crippen molar-refractivity contribution in [1.29, 1.82) is 0 Å². The molecule has 1 N–H and O–H groups in total. The summed E-state index contributed by atoms with van der Waals surface area (Å²) in [5.74, 6) is 0.576. The minimum Gasteiger partial charge on any atom is -0.490 e. The molecule has 3 rings (SSSR count). The van der Waals surface area contributed by atoms with Crippen LogP contribution in [0.15, 0.2) is 59.0 Å². The highest BCUT2D eigenvalue weighted by Crippen LogP contribution is 2.28. The fraction of sp³-hybridized carbons (Fsp3) is 0.308. The Kier molecular flexibility index (Phi) is 9.53. The van der Waals surface area contributed by atoms with E-state index >= 15 is 0 Å². The lowest BCUT2D eigenvalue weighted by atomic mass is 10.1. The molecular weight excluding hydrogens is 457 g/mol. The molecule has 1 aromatic heterocycles. The maximum absolute atomic E-state index is 12.9. The van der Waals surface area contributed by atoms with E-state index in [4.69, 9.17) is 23.4 Å². The van der Waals surface area contributed by atoms with E-state index in [9.17, 15) is 14.0 Å². The summed E-state index contributed by atoms with van der Waals surface area (Å²) in [7, 11) is 0. The average Bonchev–Trinajstić information content (AvgIpc) is 3.33. The van der Waals surface area contributed by atoms with Gasteiger partial charge in [-0.05, 0) is 74.4 Å². The van der Waals surface area contributed by atoms with Gasteiger partial charge in [-0.15, -0.1) is 0 Å². The molecule has 0 aliphatic heterocycles. The van der Waals surface area contributed by atoms with Crippen molar-refractivity contribution in [2.75, 3.05) is 26.4 Å². The second kappa shape index (κ2) is 13.0. The number of hydrogen-bond acceptors (Lipinski definition) is 7. The molecule has 0 aliphatic carbocycles. The first-order chi connectivity index (χ1) is 17.0. The normalized spacial score (nSPS) is 10.5. The van der Waals surface area contributed by atoms with Crippen LogP contribution < -0.4 is 19.5 Å². The zero-order valence-corrected chi connectivity index (χ0v) is 19.7. The fourth-order valence-corrected chi connectivity index (χ4v) is 3.10. The van der Waals surface area contributed by atoms with Crippen molar-refractivity contribution >= 4 is 11.9 Å². The average molecular weight is 486 g/mol. The van der Waals surface area contributed by atoms with Gasteiger partial charge in [0, 0.05) is 6.54 Å².